The Hall–Kier alpha value is -2.11. The van der Waals surface area contributed by atoms with Crippen molar-refractivity contribution in [1.29, 1.82) is 0 Å². The lowest BCUT2D eigenvalue weighted by atomic mass is 10.1. The van der Waals surface area contributed by atoms with Gasteiger partial charge in [0.2, 0.25) is 0 Å². The molecule has 0 N–H and O–H groups in total. The minimum atomic E-state index is 0.320. The number of benzene rings is 2. The van der Waals surface area contributed by atoms with E-state index in [1.807, 2.05) is 48.5 Å². The first-order valence-electron chi connectivity index (χ1n) is 6.73. The summed E-state index contributed by atoms with van der Waals surface area (Å²) in [7, 11) is 1.66. The number of hydrogen-bond donors (Lipinski definition) is 0. The van der Waals surface area contributed by atoms with E-state index in [0.717, 1.165) is 23.5 Å². The second-order valence-corrected chi connectivity index (χ2v) is 4.65. The molecular formula is C18H17ClO2. The molecular weight excluding hydrogens is 284 g/mol. The molecule has 0 radical (unpaired) electrons. The Morgan fingerprint density at radius 3 is 2.52 bits per heavy atom. The van der Waals surface area contributed by atoms with Crippen molar-refractivity contribution in [2.75, 3.05) is 19.6 Å². The van der Waals surface area contributed by atoms with Crippen LogP contribution in [-0.2, 0) is 6.42 Å². The van der Waals surface area contributed by atoms with E-state index in [1.54, 1.807) is 7.11 Å². The normalized spacial score (nSPS) is 9.62. The van der Waals surface area contributed by atoms with Gasteiger partial charge in [0.25, 0.3) is 0 Å². The average molecular weight is 301 g/mol. The third-order valence-electron chi connectivity index (χ3n) is 2.98. The highest BCUT2D eigenvalue weighted by Gasteiger charge is 2.01. The molecule has 0 heterocycles. The third-order valence-corrected chi connectivity index (χ3v) is 3.12. The number of alkyl halides is 1. The highest BCUT2D eigenvalue weighted by molar-refractivity contribution is 6.19. The van der Waals surface area contributed by atoms with Crippen molar-refractivity contribution in [3.63, 3.8) is 0 Å². The first-order valence-corrected chi connectivity index (χ1v) is 7.26. The monoisotopic (exact) mass is 300 g/mol. The molecule has 0 atom stereocenters. The summed E-state index contributed by atoms with van der Waals surface area (Å²) >= 11 is 5.59. The molecule has 2 aromatic rings. The minimum Gasteiger partial charge on any atom is -0.497 e. The fraction of sp³-hybridized carbons (Fsp3) is 0.222. The van der Waals surface area contributed by atoms with Crippen LogP contribution in [0.2, 0.25) is 0 Å². The molecule has 0 saturated heterocycles. The van der Waals surface area contributed by atoms with Gasteiger partial charge in [0.15, 0.2) is 0 Å². The van der Waals surface area contributed by atoms with Crippen LogP contribution in [0, 0.1) is 11.8 Å². The molecule has 3 heteroatoms. The Kier molecular flexibility index (Phi) is 5.99. The zero-order valence-electron chi connectivity index (χ0n) is 11.9. The van der Waals surface area contributed by atoms with Gasteiger partial charge >= 0.3 is 0 Å². The van der Waals surface area contributed by atoms with E-state index >= 15 is 0 Å². The summed E-state index contributed by atoms with van der Waals surface area (Å²) < 4.78 is 11.0. The standard InChI is InChI=1S/C18H17ClO2/c1-20-17-10-8-15(9-11-17)12-14-21-18-7-3-2-5-16(18)6-4-13-19/h2-3,5,7-11H,12-14H2,1H3. The van der Waals surface area contributed by atoms with Gasteiger partial charge in [-0.15, -0.1) is 11.6 Å². The van der Waals surface area contributed by atoms with Crippen molar-refractivity contribution in [3.05, 3.63) is 59.7 Å². The van der Waals surface area contributed by atoms with Gasteiger partial charge in [0, 0.05) is 6.42 Å². The maximum atomic E-state index is 5.82. The molecule has 2 aromatic carbocycles. The second-order valence-electron chi connectivity index (χ2n) is 4.38. The van der Waals surface area contributed by atoms with Crippen LogP contribution in [0.4, 0.5) is 0 Å². The summed E-state index contributed by atoms with van der Waals surface area (Å²) in [6.45, 7) is 0.603. The molecule has 2 nitrogen and oxygen atoms in total. The van der Waals surface area contributed by atoms with Crippen molar-refractivity contribution in [3.8, 4) is 23.3 Å². The first kappa shape index (κ1) is 15.3. The lowest BCUT2D eigenvalue weighted by Crippen LogP contribution is -2.02. The Morgan fingerprint density at radius 1 is 1.05 bits per heavy atom. The summed E-state index contributed by atoms with van der Waals surface area (Å²) in [6.07, 6.45) is 0.835. The summed E-state index contributed by atoms with van der Waals surface area (Å²) in [5, 5.41) is 0. The van der Waals surface area contributed by atoms with Crippen molar-refractivity contribution >= 4 is 11.6 Å². The quantitative estimate of drug-likeness (QED) is 0.616. The van der Waals surface area contributed by atoms with Gasteiger partial charge in [-0.1, -0.05) is 36.1 Å². The third kappa shape index (κ3) is 4.73. The number of hydrogen-bond acceptors (Lipinski definition) is 2. The Bertz CT molecular complexity index is 624. The number of ether oxygens (including phenoxy) is 2. The summed E-state index contributed by atoms with van der Waals surface area (Å²) in [5.74, 6) is 7.83. The van der Waals surface area contributed by atoms with Crippen molar-refractivity contribution < 1.29 is 9.47 Å². The van der Waals surface area contributed by atoms with Crippen LogP contribution in [0.5, 0.6) is 11.5 Å². The van der Waals surface area contributed by atoms with Crippen LogP contribution in [0.3, 0.4) is 0 Å². The van der Waals surface area contributed by atoms with E-state index in [1.165, 1.54) is 5.56 Å². The fourth-order valence-corrected chi connectivity index (χ4v) is 1.96. The maximum Gasteiger partial charge on any atom is 0.134 e. The van der Waals surface area contributed by atoms with E-state index in [2.05, 4.69) is 11.8 Å². The number of halogens is 1. The smallest absolute Gasteiger partial charge is 0.134 e. The molecule has 2 rings (SSSR count). The van der Waals surface area contributed by atoms with Gasteiger partial charge in [-0.2, -0.15) is 0 Å². The molecule has 108 valence electrons. The van der Waals surface area contributed by atoms with Crippen LogP contribution < -0.4 is 9.47 Å². The van der Waals surface area contributed by atoms with E-state index < -0.39 is 0 Å². The van der Waals surface area contributed by atoms with Crippen LogP contribution in [0.25, 0.3) is 0 Å². The largest absolute Gasteiger partial charge is 0.497 e. The van der Waals surface area contributed by atoms with Crippen LogP contribution in [-0.4, -0.2) is 19.6 Å². The molecule has 0 aliphatic rings. The Morgan fingerprint density at radius 2 is 1.81 bits per heavy atom. The SMILES string of the molecule is COc1ccc(CCOc2ccccc2C#CCCl)cc1. The second kappa shape index (κ2) is 8.24. The predicted octanol–water partition coefficient (Wildman–Crippen LogP) is 3.91. The summed E-state index contributed by atoms with van der Waals surface area (Å²) in [5.41, 5.74) is 2.08. The summed E-state index contributed by atoms with van der Waals surface area (Å²) in [4.78, 5) is 0. The van der Waals surface area contributed by atoms with E-state index in [9.17, 15) is 0 Å². The van der Waals surface area contributed by atoms with Crippen molar-refractivity contribution in [2.45, 2.75) is 6.42 Å². The Labute approximate surface area is 130 Å². The Balaban J connectivity index is 1.93. The number of methoxy groups -OCH3 is 1. The van der Waals surface area contributed by atoms with Crippen LogP contribution in [0.1, 0.15) is 11.1 Å². The molecule has 0 aliphatic carbocycles. The molecule has 0 aliphatic heterocycles. The molecule has 0 aromatic heterocycles. The van der Waals surface area contributed by atoms with E-state index in [-0.39, 0.29) is 0 Å². The molecule has 21 heavy (non-hydrogen) atoms. The molecule has 0 bridgehead atoms. The van der Waals surface area contributed by atoms with Gasteiger partial charge in [-0.25, -0.2) is 0 Å². The van der Waals surface area contributed by atoms with E-state index in [0.29, 0.717) is 12.5 Å². The summed E-state index contributed by atoms with van der Waals surface area (Å²) in [6, 6.07) is 15.7. The van der Waals surface area contributed by atoms with Gasteiger partial charge in [-0.3, -0.25) is 0 Å². The van der Waals surface area contributed by atoms with E-state index in [4.69, 9.17) is 21.1 Å². The molecule has 0 amide bonds. The topological polar surface area (TPSA) is 18.5 Å². The van der Waals surface area contributed by atoms with Gasteiger partial charge in [-0.05, 0) is 29.8 Å². The predicted molar refractivity (Wildman–Crippen MR) is 86.2 cm³/mol. The number of para-hydroxylation sites is 1. The maximum absolute atomic E-state index is 5.82. The molecule has 0 spiro atoms. The molecule has 0 unspecified atom stereocenters. The lowest BCUT2D eigenvalue weighted by Gasteiger charge is -2.08. The highest BCUT2D eigenvalue weighted by Crippen LogP contribution is 2.17. The van der Waals surface area contributed by atoms with Gasteiger partial charge < -0.3 is 9.47 Å². The van der Waals surface area contributed by atoms with Crippen molar-refractivity contribution in [1.82, 2.24) is 0 Å². The van der Waals surface area contributed by atoms with Crippen LogP contribution >= 0.6 is 11.6 Å². The van der Waals surface area contributed by atoms with Crippen molar-refractivity contribution in [2.24, 2.45) is 0 Å². The van der Waals surface area contributed by atoms with Crippen LogP contribution in [0.15, 0.2) is 48.5 Å². The first-order chi connectivity index (χ1) is 10.3. The lowest BCUT2D eigenvalue weighted by molar-refractivity contribution is 0.321. The fourth-order valence-electron chi connectivity index (χ4n) is 1.90. The molecule has 0 saturated carbocycles. The van der Waals surface area contributed by atoms with Gasteiger partial charge in [0.05, 0.1) is 25.2 Å². The zero-order valence-corrected chi connectivity index (χ0v) is 12.7. The minimum absolute atomic E-state index is 0.320. The number of rotatable bonds is 5. The molecule has 0 fully saturated rings. The average Bonchev–Trinajstić information content (AvgIpc) is 2.54. The zero-order chi connectivity index (χ0) is 14.9. The highest BCUT2D eigenvalue weighted by atomic mass is 35.5. The van der Waals surface area contributed by atoms with Gasteiger partial charge in [0.1, 0.15) is 11.5 Å².